The van der Waals surface area contributed by atoms with Crippen molar-refractivity contribution < 1.29 is 14.3 Å². The average Bonchev–Trinajstić information content (AvgIpc) is 2.73. The van der Waals surface area contributed by atoms with E-state index >= 15 is 0 Å². The molecule has 1 saturated heterocycles. The van der Waals surface area contributed by atoms with Crippen LogP contribution in [0.25, 0.3) is 10.8 Å². The fraction of sp³-hybridized carbons (Fsp3) is 0.300. The molecule has 1 fully saturated rings. The molecule has 1 atom stereocenters. The number of hydrogen-bond donors (Lipinski definition) is 0. The molecule has 1 aliphatic rings. The maximum Gasteiger partial charge on any atom is 0.273 e. The van der Waals surface area contributed by atoms with Gasteiger partial charge in [0.15, 0.2) is 0 Å². The number of carbonyl (C=O) groups is 1. The van der Waals surface area contributed by atoms with E-state index in [-0.39, 0.29) is 12.0 Å². The highest BCUT2D eigenvalue weighted by Gasteiger charge is 2.27. The number of nitrogens with zero attached hydrogens (tertiary/aromatic N) is 4. The standard InChI is InChI=1S/C20H20N4O3/c1-26-17-11-21-12-18(23-17)27-15-6-4-10-24(13-15)20(25)19-16-7-3-2-5-14(16)8-9-22-19/h2-3,5,7-9,11-12,15H,4,6,10,13H2,1H3. The Labute approximate surface area is 157 Å². The maximum atomic E-state index is 13.1. The zero-order valence-electron chi connectivity index (χ0n) is 15.0. The number of piperidine rings is 1. The van der Waals surface area contributed by atoms with Gasteiger partial charge in [-0.1, -0.05) is 24.3 Å². The molecule has 7 heteroatoms. The molecule has 2 aromatic heterocycles. The first kappa shape index (κ1) is 17.2. The zero-order valence-corrected chi connectivity index (χ0v) is 15.0. The predicted octanol–water partition coefficient (Wildman–Crippen LogP) is 2.72. The van der Waals surface area contributed by atoms with Gasteiger partial charge in [-0.05, 0) is 24.3 Å². The van der Waals surface area contributed by atoms with Crippen LogP contribution < -0.4 is 9.47 Å². The van der Waals surface area contributed by atoms with Crippen LogP contribution in [-0.2, 0) is 0 Å². The summed E-state index contributed by atoms with van der Waals surface area (Å²) in [6.07, 6.45) is 6.33. The Morgan fingerprint density at radius 1 is 1.19 bits per heavy atom. The molecule has 0 radical (unpaired) electrons. The van der Waals surface area contributed by atoms with Gasteiger partial charge in [0.2, 0.25) is 11.8 Å². The molecule has 4 rings (SSSR count). The van der Waals surface area contributed by atoms with E-state index in [1.807, 2.05) is 30.3 Å². The first-order valence-electron chi connectivity index (χ1n) is 8.90. The van der Waals surface area contributed by atoms with Crippen molar-refractivity contribution in [3.05, 3.63) is 54.6 Å². The first-order chi connectivity index (χ1) is 13.2. The molecule has 1 unspecified atom stereocenters. The van der Waals surface area contributed by atoms with Gasteiger partial charge < -0.3 is 14.4 Å². The molecule has 27 heavy (non-hydrogen) atoms. The van der Waals surface area contributed by atoms with Crippen LogP contribution in [0.3, 0.4) is 0 Å². The lowest BCUT2D eigenvalue weighted by atomic mass is 10.1. The highest BCUT2D eigenvalue weighted by molar-refractivity contribution is 6.05. The van der Waals surface area contributed by atoms with Gasteiger partial charge in [-0.3, -0.25) is 14.8 Å². The number of pyridine rings is 1. The summed E-state index contributed by atoms with van der Waals surface area (Å²) in [7, 11) is 1.53. The lowest BCUT2D eigenvalue weighted by Crippen LogP contribution is -2.44. The fourth-order valence-corrected chi connectivity index (χ4v) is 3.32. The van der Waals surface area contributed by atoms with Crippen molar-refractivity contribution in [3.8, 4) is 11.8 Å². The minimum Gasteiger partial charge on any atom is -0.480 e. The number of rotatable bonds is 4. The van der Waals surface area contributed by atoms with Crippen LogP contribution in [0.1, 0.15) is 23.3 Å². The van der Waals surface area contributed by atoms with Crippen LogP contribution in [0.15, 0.2) is 48.9 Å². The van der Waals surface area contributed by atoms with Crippen LogP contribution >= 0.6 is 0 Å². The van der Waals surface area contributed by atoms with Gasteiger partial charge in [0.05, 0.1) is 26.0 Å². The van der Waals surface area contributed by atoms with Crippen molar-refractivity contribution in [2.75, 3.05) is 20.2 Å². The number of aromatic nitrogens is 3. The number of hydrogen-bond acceptors (Lipinski definition) is 6. The van der Waals surface area contributed by atoms with E-state index in [9.17, 15) is 4.79 Å². The number of fused-ring (bicyclic) bond motifs is 1. The Morgan fingerprint density at radius 3 is 2.93 bits per heavy atom. The van der Waals surface area contributed by atoms with Crippen LogP contribution in [0.2, 0.25) is 0 Å². The summed E-state index contributed by atoms with van der Waals surface area (Å²) in [6.45, 7) is 1.18. The van der Waals surface area contributed by atoms with Gasteiger partial charge in [0.1, 0.15) is 11.8 Å². The topological polar surface area (TPSA) is 77.4 Å². The van der Waals surface area contributed by atoms with Gasteiger partial charge in [-0.15, -0.1) is 0 Å². The summed E-state index contributed by atoms with van der Waals surface area (Å²) in [5, 5.41) is 1.87. The Kier molecular flexibility index (Phi) is 4.82. The van der Waals surface area contributed by atoms with E-state index < -0.39 is 0 Å². The lowest BCUT2D eigenvalue weighted by Gasteiger charge is -2.32. The first-order valence-corrected chi connectivity index (χ1v) is 8.90. The Balaban J connectivity index is 1.51. The van der Waals surface area contributed by atoms with E-state index in [1.165, 1.54) is 13.3 Å². The zero-order chi connectivity index (χ0) is 18.6. The molecule has 1 aromatic carbocycles. The molecule has 0 spiro atoms. The smallest absolute Gasteiger partial charge is 0.273 e. The number of amides is 1. The summed E-state index contributed by atoms with van der Waals surface area (Å²) in [5.41, 5.74) is 0.481. The normalized spacial score (nSPS) is 16.9. The van der Waals surface area contributed by atoms with Gasteiger partial charge >= 0.3 is 0 Å². The van der Waals surface area contributed by atoms with Gasteiger partial charge in [-0.2, -0.15) is 4.98 Å². The predicted molar refractivity (Wildman–Crippen MR) is 99.9 cm³/mol. The van der Waals surface area contributed by atoms with Gasteiger partial charge in [-0.25, -0.2) is 0 Å². The molecule has 0 bridgehead atoms. The number of benzene rings is 1. The van der Waals surface area contributed by atoms with Crippen molar-refractivity contribution >= 4 is 16.7 Å². The van der Waals surface area contributed by atoms with E-state index in [0.717, 1.165) is 23.6 Å². The van der Waals surface area contributed by atoms with Crippen molar-refractivity contribution in [2.24, 2.45) is 0 Å². The molecule has 3 heterocycles. The van der Waals surface area contributed by atoms with Crippen molar-refractivity contribution in [3.63, 3.8) is 0 Å². The monoisotopic (exact) mass is 364 g/mol. The molecular formula is C20H20N4O3. The molecular weight excluding hydrogens is 344 g/mol. The maximum absolute atomic E-state index is 13.1. The third-order valence-electron chi connectivity index (χ3n) is 4.63. The van der Waals surface area contributed by atoms with Crippen LogP contribution in [0.5, 0.6) is 11.8 Å². The van der Waals surface area contributed by atoms with Crippen LogP contribution in [-0.4, -0.2) is 52.1 Å². The van der Waals surface area contributed by atoms with Crippen molar-refractivity contribution in [2.45, 2.75) is 18.9 Å². The molecule has 1 amide bonds. The highest BCUT2D eigenvalue weighted by Crippen LogP contribution is 2.22. The molecule has 0 aliphatic carbocycles. The molecule has 1 aliphatic heterocycles. The number of carbonyl (C=O) groups excluding carboxylic acids is 1. The summed E-state index contributed by atoms with van der Waals surface area (Å²) in [6, 6.07) is 9.70. The van der Waals surface area contributed by atoms with Gasteiger partial charge in [0, 0.05) is 18.1 Å². The quantitative estimate of drug-likeness (QED) is 0.708. The fourth-order valence-electron chi connectivity index (χ4n) is 3.32. The Hall–Kier alpha value is -3.22. The van der Waals surface area contributed by atoms with Crippen LogP contribution in [0, 0.1) is 0 Å². The largest absolute Gasteiger partial charge is 0.480 e. The summed E-state index contributed by atoms with van der Waals surface area (Å²) in [4.78, 5) is 27.5. The van der Waals surface area contributed by atoms with E-state index in [0.29, 0.717) is 30.5 Å². The minimum absolute atomic E-state index is 0.0724. The summed E-state index contributed by atoms with van der Waals surface area (Å²) < 4.78 is 11.0. The van der Waals surface area contributed by atoms with Gasteiger partial charge in [0.25, 0.3) is 5.91 Å². The van der Waals surface area contributed by atoms with Crippen molar-refractivity contribution in [1.29, 1.82) is 0 Å². The molecule has 138 valence electrons. The Morgan fingerprint density at radius 2 is 2.04 bits per heavy atom. The summed E-state index contributed by atoms with van der Waals surface area (Å²) >= 11 is 0. The average molecular weight is 364 g/mol. The lowest BCUT2D eigenvalue weighted by molar-refractivity contribution is 0.0522. The van der Waals surface area contributed by atoms with Crippen molar-refractivity contribution in [1.82, 2.24) is 19.9 Å². The molecule has 0 N–H and O–H groups in total. The second-order valence-corrected chi connectivity index (χ2v) is 6.41. The molecule has 3 aromatic rings. The second-order valence-electron chi connectivity index (χ2n) is 6.41. The number of methoxy groups -OCH3 is 1. The van der Waals surface area contributed by atoms with E-state index in [4.69, 9.17) is 9.47 Å². The minimum atomic E-state index is -0.140. The number of ether oxygens (including phenoxy) is 2. The Bertz CT molecular complexity index is 957. The third-order valence-corrected chi connectivity index (χ3v) is 4.63. The van der Waals surface area contributed by atoms with E-state index in [2.05, 4.69) is 15.0 Å². The highest BCUT2D eigenvalue weighted by atomic mass is 16.5. The molecule has 7 nitrogen and oxygen atoms in total. The van der Waals surface area contributed by atoms with E-state index in [1.54, 1.807) is 17.3 Å². The second kappa shape index (κ2) is 7.57. The SMILES string of the molecule is COc1cncc(OC2CCCN(C(=O)c3nccc4ccccc34)C2)n1. The van der Waals surface area contributed by atoms with Crippen LogP contribution in [0.4, 0.5) is 0 Å². The summed E-state index contributed by atoms with van der Waals surface area (Å²) in [5.74, 6) is 0.727. The third kappa shape index (κ3) is 3.67. The molecule has 0 saturated carbocycles. The number of likely N-dealkylation sites (tertiary alicyclic amines) is 1.